The highest BCUT2D eigenvalue weighted by atomic mass is 127. The van der Waals surface area contributed by atoms with E-state index in [4.69, 9.17) is 4.43 Å². The third-order valence-corrected chi connectivity index (χ3v) is 10.6. The Bertz CT molecular complexity index is 261. The van der Waals surface area contributed by atoms with Gasteiger partial charge in [0, 0.05) is 6.61 Å². The lowest BCUT2D eigenvalue weighted by molar-refractivity contribution is 0.277. The van der Waals surface area contributed by atoms with Gasteiger partial charge in [0.2, 0.25) is 0 Å². The lowest BCUT2D eigenvalue weighted by atomic mass is 10.1. The van der Waals surface area contributed by atoms with Crippen molar-refractivity contribution in [1.29, 1.82) is 0 Å². The fraction of sp³-hybridized carbons (Fsp3) is 1.00. The van der Waals surface area contributed by atoms with Crippen molar-refractivity contribution < 1.29 is 4.43 Å². The lowest BCUT2D eigenvalue weighted by Gasteiger charge is -2.36. The average Bonchev–Trinajstić information content (AvgIpc) is 2.46. The van der Waals surface area contributed by atoms with Crippen LogP contribution in [-0.4, -0.2) is 19.4 Å². The van der Waals surface area contributed by atoms with Crippen LogP contribution in [0.1, 0.15) is 97.8 Å². The van der Waals surface area contributed by atoms with Crippen molar-refractivity contribution >= 4 is 30.9 Å². The van der Waals surface area contributed by atoms with Gasteiger partial charge in [-0.05, 0) is 35.4 Å². The molecule has 1 nitrogen and oxygen atoms in total. The van der Waals surface area contributed by atoms with E-state index in [1.54, 1.807) is 0 Å². The number of halogens is 1. The molecule has 3 heteroatoms. The van der Waals surface area contributed by atoms with E-state index in [-0.39, 0.29) is 0 Å². The Morgan fingerprint density at radius 2 is 1.00 bits per heavy atom. The molecule has 0 unspecified atom stereocenters. The van der Waals surface area contributed by atoms with Gasteiger partial charge in [-0.1, -0.05) is 108 Å². The van der Waals surface area contributed by atoms with Crippen LogP contribution in [0.4, 0.5) is 0 Å². The molecule has 0 radical (unpaired) electrons. The van der Waals surface area contributed by atoms with Gasteiger partial charge < -0.3 is 4.43 Å². The van der Waals surface area contributed by atoms with Crippen molar-refractivity contribution in [3.63, 3.8) is 0 Å². The minimum atomic E-state index is -1.51. The summed E-state index contributed by atoms with van der Waals surface area (Å²) in [7, 11) is -1.51. The quantitative estimate of drug-likeness (QED) is 0.105. The van der Waals surface area contributed by atoms with Crippen LogP contribution in [-0.2, 0) is 4.43 Å². The van der Waals surface area contributed by atoms with E-state index < -0.39 is 8.32 Å². The first-order valence-electron chi connectivity index (χ1n) is 10.0. The molecule has 0 aromatic rings. The zero-order valence-corrected chi connectivity index (χ0v) is 19.8. The number of hydrogen-bond donors (Lipinski definition) is 0. The summed E-state index contributed by atoms with van der Waals surface area (Å²) in [6.07, 6.45) is 17.0. The van der Waals surface area contributed by atoms with Crippen molar-refractivity contribution in [3.8, 4) is 0 Å². The largest absolute Gasteiger partial charge is 0.417 e. The Labute approximate surface area is 162 Å². The molecule has 0 N–H and O–H groups in total. The maximum absolute atomic E-state index is 6.23. The van der Waals surface area contributed by atoms with Crippen LogP contribution in [0.2, 0.25) is 18.1 Å². The molecule has 23 heavy (non-hydrogen) atoms. The molecule has 0 bridgehead atoms. The molecule has 0 atom stereocenters. The van der Waals surface area contributed by atoms with Crippen LogP contribution >= 0.6 is 22.6 Å². The van der Waals surface area contributed by atoms with Crippen molar-refractivity contribution in [2.24, 2.45) is 0 Å². The summed E-state index contributed by atoms with van der Waals surface area (Å²) in [6.45, 7) is 12.7. The molecule has 140 valence electrons. The van der Waals surface area contributed by atoms with Crippen LogP contribution < -0.4 is 0 Å². The molecule has 0 aliphatic carbocycles. The van der Waals surface area contributed by atoms with Crippen LogP contribution in [0.25, 0.3) is 0 Å². The highest BCUT2D eigenvalue weighted by molar-refractivity contribution is 14.1. The molecule has 0 rings (SSSR count). The summed E-state index contributed by atoms with van der Waals surface area (Å²) >= 11 is 2.48. The van der Waals surface area contributed by atoms with E-state index in [1.807, 2.05) is 0 Å². The van der Waals surface area contributed by atoms with Crippen molar-refractivity contribution in [2.75, 3.05) is 11.0 Å². The minimum Gasteiger partial charge on any atom is -0.417 e. The van der Waals surface area contributed by atoms with Gasteiger partial charge in [-0.3, -0.25) is 0 Å². The number of alkyl halides is 1. The Morgan fingerprint density at radius 3 is 1.35 bits per heavy atom. The summed E-state index contributed by atoms with van der Waals surface area (Å²) in [5.41, 5.74) is 0. The van der Waals surface area contributed by atoms with Crippen LogP contribution in [0.3, 0.4) is 0 Å². The average molecular weight is 455 g/mol. The van der Waals surface area contributed by atoms with Gasteiger partial charge in [-0.15, -0.1) is 0 Å². The molecule has 0 saturated heterocycles. The molecule has 0 amide bonds. The molecule has 0 aliphatic heterocycles. The van der Waals surface area contributed by atoms with Gasteiger partial charge in [0.05, 0.1) is 0 Å². The third-order valence-electron chi connectivity index (χ3n) is 5.30. The molecule has 0 fully saturated rings. The second kappa shape index (κ2) is 14.1. The van der Waals surface area contributed by atoms with Crippen molar-refractivity contribution in [3.05, 3.63) is 0 Å². The summed E-state index contributed by atoms with van der Waals surface area (Å²) in [5, 5.41) is 0.350. The first-order chi connectivity index (χ1) is 10.8. The normalized spacial score (nSPS) is 12.8. The minimum absolute atomic E-state index is 0.350. The van der Waals surface area contributed by atoms with Crippen LogP contribution in [0.15, 0.2) is 0 Å². The maximum atomic E-state index is 6.23. The van der Waals surface area contributed by atoms with Gasteiger partial charge >= 0.3 is 0 Å². The predicted octanol–water partition coefficient (Wildman–Crippen LogP) is 8.12. The van der Waals surface area contributed by atoms with Gasteiger partial charge in [0.15, 0.2) is 8.32 Å². The summed E-state index contributed by atoms with van der Waals surface area (Å²) in [4.78, 5) is 0. The molecular formula is C20H43IOSi. The van der Waals surface area contributed by atoms with E-state index in [0.29, 0.717) is 5.04 Å². The predicted molar refractivity (Wildman–Crippen MR) is 117 cm³/mol. The Morgan fingerprint density at radius 1 is 0.652 bits per heavy atom. The first kappa shape index (κ1) is 23.9. The van der Waals surface area contributed by atoms with Gasteiger partial charge in [0.25, 0.3) is 0 Å². The molecular weight excluding hydrogens is 411 g/mol. The summed E-state index contributed by atoms with van der Waals surface area (Å²) in [6, 6.07) is 0. The van der Waals surface area contributed by atoms with E-state index >= 15 is 0 Å². The summed E-state index contributed by atoms with van der Waals surface area (Å²) < 4.78 is 7.56. The zero-order valence-electron chi connectivity index (χ0n) is 16.7. The fourth-order valence-electron chi connectivity index (χ4n) is 2.51. The molecule has 0 aliphatic rings. The Balaban J connectivity index is 3.25. The van der Waals surface area contributed by atoms with E-state index in [1.165, 1.54) is 81.5 Å². The number of rotatable bonds is 15. The first-order valence-corrected chi connectivity index (χ1v) is 14.4. The highest BCUT2D eigenvalue weighted by Crippen LogP contribution is 2.36. The van der Waals surface area contributed by atoms with Crippen LogP contribution in [0.5, 0.6) is 0 Å². The standard InChI is InChI=1S/C20H43IOSi/c1-20(2,3)23(4,5)22-19-17-15-13-11-9-7-6-8-10-12-14-16-18-21/h6-19H2,1-5H3. The third kappa shape index (κ3) is 13.8. The molecule has 0 heterocycles. The second-order valence-electron chi connectivity index (χ2n) is 8.54. The monoisotopic (exact) mass is 454 g/mol. The summed E-state index contributed by atoms with van der Waals surface area (Å²) in [5.74, 6) is 0. The number of unbranched alkanes of at least 4 members (excludes halogenated alkanes) is 11. The second-order valence-corrected chi connectivity index (χ2v) is 14.4. The topological polar surface area (TPSA) is 9.23 Å². The van der Waals surface area contributed by atoms with E-state index in [9.17, 15) is 0 Å². The van der Waals surface area contributed by atoms with Crippen LogP contribution in [0, 0.1) is 0 Å². The number of hydrogen-bond acceptors (Lipinski definition) is 1. The smallest absolute Gasteiger partial charge is 0.191 e. The Hall–Kier alpha value is 0.907. The zero-order chi connectivity index (χ0) is 17.6. The van der Waals surface area contributed by atoms with Gasteiger partial charge in [-0.25, -0.2) is 0 Å². The SMILES string of the molecule is CC(C)(C)[Si](C)(C)OCCCCCCCCCCCCCCI. The molecule has 0 aromatic carbocycles. The van der Waals surface area contributed by atoms with Gasteiger partial charge in [-0.2, -0.15) is 0 Å². The molecule has 0 aromatic heterocycles. The molecule has 0 saturated carbocycles. The highest BCUT2D eigenvalue weighted by Gasteiger charge is 2.36. The van der Waals surface area contributed by atoms with Gasteiger partial charge in [0.1, 0.15) is 0 Å². The fourth-order valence-corrected chi connectivity index (χ4v) is 4.14. The molecule has 0 spiro atoms. The Kier molecular flexibility index (Phi) is 14.7. The van der Waals surface area contributed by atoms with E-state index in [0.717, 1.165) is 6.61 Å². The van der Waals surface area contributed by atoms with E-state index in [2.05, 4.69) is 56.5 Å². The lowest BCUT2D eigenvalue weighted by Crippen LogP contribution is -2.40. The maximum Gasteiger partial charge on any atom is 0.191 e. The van der Waals surface area contributed by atoms with Crippen molar-refractivity contribution in [2.45, 2.75) is 116 Å². The van der Waals surface area contributed by atoms with Crippen molar-refractivity contribution in [1.82, 2.24) is 0 Å².